The van der Waals surface area contributed by atoms with Crippen LogP contribution in [0.25, 0.3) is 0 Å². The highest BCUT2D eigenvalue weighted by Crippen LogP contribution is 2.34. The van der Waals surface area contributed by atoms with E-state index in [1.807, 2.05) is 18.4 Å². The van der Waals surface area contributed by atoms with Gasteiger partial charge in [-0.2, -0.15) is 0 Å². The number of ether oxygens (including phenoxy) is 1. The van der Waals surface area contributed by atoms with Crippen molar-refractivity contribution < 1.29 is 14.6 Å². The lowest BCUT2D eigenvalue weighted by atomic mass is 9.76. The Labute approximate surface area is 123 Å². The van der Waals surface area contributed by atoms with E-state index in [0.717, 1.165) is 31.0 Å². The van der Waals surface area contributed by atoms with E-state index >= 15 is 0 Å². The van der Waals surface area contributed by atoms with Gasteiger partial charge in [-0.05, 0) is 50.5 Å². The molecule has 5 heteroatoms. The minimum Gasteiger partial charge on any atom is -0.481 e. The number of hydrogen-bond acceptors (Lipinski definition) is 4. The van der Waals surface area contributed by atoms with E-state index in [2.05, 4.69) is 4.98 Å². The smallest absolute Gasteiger partial charge is 0.315 e. The molecule has 1 fully saturated rings. The molecule has 0 amide bonds. The summed E-state index contributed by atoms with van der Waals surface area (Å²) in [5.74, 6) is -0.403. The molecule has 1 aliphatic heterocycles. The second-order valence-electron chi connectivity index (χ2n) is 5.48. The lowest BCUT2D eigenvalue weighted by molar-refractivity contribution is -0.144. The fourth-order valence-corrected chi connectivity index (χ4v) is 3.02. The zero-order valence-corrected chi connectivity index (χ0v) is 12.8. The van der Waals surface area contributed by atoms with Crippen molar-refractivity contribution in [1.82, 2.24) is 4.98 Å². The van der Waals surface area contributed by atoms with Crippen LogP contribution in [-0.2, 0) is 14.9 Å². The summed E-state index contributed by atoms with van der Waals surface area (Å²) in [6, 6.07) is 3.79. The third-order valence-electron chi connectivity index (χ3n) is 4.05. The molecule has 0 spiro atoms. The molecule has 4 nitrogen and oxygen atoms in total. The number of thioether (sulfide) groups is 1. The van der Waals surface area contributed by atoms with Crippen LogP contribution in [0.2, 0.25) is 0 Å². The van der Waals surface area contributed by atoms with Crippen LogP contribution in [-0.4, -0.2) is 35.5 Å². The number of rotatable bonds is 5. The van der Waals surface area contributed by atoms with Crippen LogP contribution in [0.5, 0.6) is 0 Å². The van der Waals surface area contributed by atoms with E-state index in [4.69, 9.17) is 4.74 Å². The average Bonchev–Trinajstić information content (AvgIpc) is 2.48. The fourth-order valence-electron chi connectivity index (χ4n) is 2.66. The zero-order valence-electron chi connectivity index (χ0n) is 12.0. The predicted octanol–water partition coefficient (Wildman–Crippen LogP) is 2.96. The second kappa shape index (κ2) is 6.59. The summed E-state index contributed by atoms with van der Waals surface area (Å²) >= 11 is 1.61. The lowest BCUT2D eigenvalue weighted by Gasteiger charge is -2.31. The Morgan fingerprint density at radius 1 is 1.50 bits per heavy atom. The van der Waals surface area contributed by atoms with Crippen molar-refractivity contribution in [3.8, 4) is 0 Å². The molecule has 1 aromatic heterocycles. The van der Waals surface area contributed by atoms with E-state index in [0.29, 0.717) is 18.0 Å². The minimum absolute atomic E-state index is 0.395. The standard InChI is InChI=1S/C15H21NO3S/c1-15(14(17)18,9-11-5-7-19-8-6-11)13-4-3-12(20-2)10-16-13/h3-4,10-11H,5-9H2,1-2H3,(H,17,18). The van der Waals surface area contributed by atoms with E-state index in [1.165, 1.54) is 0 Å². The molecule has 1 saturated heterocycles. The van der Waals surface area contributed by atoms with Crippen LogP contribution in [0.3, 0.4) is 0 Å². The van der Waals surface area contributed by atoms with Gasteiger partial charge in [-0.1, -0.05) is 0 Å². The fraction of sp³-hybridized carbons (Fsp3) is 0.600. The summed E-state index contributed by atoms with van der Waals surface area (Å²) in [4.78, 5) is 17.2. The Morgan fingerprint density at radius 3 is 2.70 bits per heavy atom. The Balaban J connectivity index is 2.20. The topological polar surface area (TPSA) is 59.4 Å². The number of carboxylic acids is 1. The number of pyridine rings is 1. The molecule has 20 heavy (non-hydrogen) atoms. The summed E-state index contributed by atoms with van der Waals surface area (Å²) in [6.07, 6.45) is 6.23. The van der Waals surface area contributed by atoms with E-state index in [9.17, 15) is 9.90 Å². The molecule has 0 saturated carbocycles. The molecule has 0 aromatic carbocycles. The predicted molar refractivity (Wildman–Crippen MR) is 79.2 cm³/mol. The highest BCUT2D eigenvalue weighted by Gasteiger charge is 2.39. The zero-order chi connectivity index (χ0) is 14.6. The average molecular weight is 295 g/mol. The van der Waals surface area contributed by atoms with E-state index < -0.39 is 11.4 Å². The quantitative estimate of drug-likeness (QED) is 0.846. The van der Waals surface area contributed by atoms with Gasteiger partial charge in [-0.15, -0.1) is 11.8 Å². The third kappa shape index (κ3) is 3.33. The summed E-state index contributed by atoms with van der Waals surface area (Å²) < 4.78 is 5.34. The van der Waals surface area contributed by atoms with Gasteiger partial charge in [0.15, 0.2) is 0 Å². The summed E-state index contributed by atoms with van der Waals surface area (Å²) in [5, 5.41) is 9.67. The molecular formula is C15H21NO3S. The first-order chi connectivity index (χ1) is 9.56. The molecule has 0 radical (unpaired) electrons. The molecular weight excluding hydrogens is 274 g/mol. The van der Waals surface area contributed by atoms with Crippen molar-refractivity contribution in [2.24, 2.45) is 5.92 Å². The number of aliphatic carboxylic acids is 1. The highest BCUT2D eigenvalue weighted by atomic mass is 32.2. The van der Waals surface area contributed by atoms with E-state index in [-0.39, 0.29) is 0 Å². The van der Waals surface area contributed by atoms with Crippen LogP contribution in [0, 0.1) is 5.92 Å². The molecule has 1 aromatic rings. The van der Waals surface area contributed by atoms with Crippen LogP contribution >= 0.6 is 11.8 Å². The maximum absolute atomic E-state index is 11.8. The molecule has 2 heterocycles. The van der Waals surface area contributed by atoms with Crippen LogP contribution in [0.15, 0.2) is 23.2 Å². The molecule has 1 aliphatic rings. The maximum Gasteiger partial charge on any atom is 0.315 e. The number of hydrogen-bond donors (Lipinski definition) is 1. The van der Waals surface area contributed by atoms with Gasteiger partial charge in [0, 0.05) is 24.3 Å². The summed E-state index contributed by atoms with van der Waals surface area (Å²) in [6.45, 7) is 3.25. The van der Waals surface area contributed by atoms with Crippen molar-refractivity contribution in [2.45, 2.75) is 36.5 Å². The van der Waals surface area contributed by atoms with Crippen molar-refractivity contribution in [3.63, 3.8) is 0 Å². The number of carbonyl (C=O) groups is 1. The van der Waals surface area contributed by atoms with Gasteiger partial charge in [0.2, 0.25) is 0 Å². The van der Waals surface area contributed by atoms with Gasteiger partial charge < -0.3 is 9.84 Å². The third-order valence-corrected chi connectivity index (χ3v) is 4.76. The lowest BCUT2D eigenvalue weighted by Crippen LogP contribution is -2.37. The van der Waals surface area contributed by atoms with Gasteiger partial charge in [-0.3, -0.25) is 9.78 Å². The first kappa shape index (κ1) is 15.3. The van der Waals surface area contributed by atoms with Gasteiger partial charge in [0.05, 0.1) is 5.69 Å². The van der Waals surface area contributed by atoms with Crippen LogP contribution < -0.4 is 0 Å². The Bertz CT molecular complexity index is 457. The first-order valence-corrected chi connectivity index (χ1v) is 8.10. The van der Waals surface area contributed by atoms with Crippen LogP contribution in [0.1, 0.15) is 31.9 Å². The summed E-state index contributed by atoms with van der Waals surface area (Å²) in [7, 11) is 0. The van der Waals surface area contributed by atoms with Gasteiger partial charge in [0.1, 0.15) is 5.41 Å². The maximum atomic E-state index is 11.8. The monoisotopic (exact) mass is 295 g/mol. The minimum atomic E-state index is -0.918. The number of nitrogens with zero attached hydrogens (tertiary/aromatic N) is 1. The number of aromatic nitrogens is 1. The molecule has 110 valence electrons. The first-order valence-electron chi connectivity index (χ1n) is 6.88. The highest BCUT2D eigenvalue weighted by molar-refractivity contribution is 7.98. The largest absolute Gasteiger partial charge is 0.481 e. The molecule has 1 N–H and O–H groups in total. The van der Waals surface area contributed by atoms with Crippen molar-refractivity contribution >= 4 is 17.7 Å². The SMILES string of the molecule is CSc1ccc(C(C)(CC2CCOCC2)C(=O)O)nc1. The van der Waals surface area contributed by atoms with Crippen molar-refractivity contribution in [3.05, 3.63) is 24.0 Å². The van der Waals surface area contributed by atoms with Gasteiger partial charge >= 0.3 is 5.97 Å². The Kier molecular flexibility index (Phi) is 5.05. The molecule has 0 bridgehead atoms. The molecule has 1 unspecified atom stereocenters. The second-order valence-corrected chi connectivity index (χ2v) is 6.36. The molecule has 0 aliphatic carbocycles. The molecule has 1 atom stereocenters. The summed E-state index contributed by atoms with van der Waals surface area (Å²) in [5.41, 5.74) is -0.270. The normalized spacial score (nSPS) is 19.5. The van der Waals surface area contributed by atoms with Gasteiger partial charge in [-0.25, -0.2) is 0 Å². The Hall–Kier alpha value is -1.07. The van der Waals surface area contributed by atoms with Gasteiger partial charge in [0.25, 0.3) is 0 Å². The van der Waals surface area contributed by atoms with E-state index in [1.54, 1.807) is 24.9 Å². The molecule has 2 rings (SSSR count). The van der Waals surface area contributed by atoms with Crippen LogP contribution in [0.4, 0.5) is 0 Å². The van der Waals surface area contributed by atoms with Crippen molar-refractivity contribution in [1.29, 1.82) is 0 Å². The number of carboxylic acid groups (broad SMARTS) is 1. The van der Waals surface area contributed by atoms with Crippen molar-refractivity contribution in [2.75, 3.05) is 19.5 Å². The Morgan fingerprint density at radius 2 is 2.20 bits per heavy atom.